The molecular weight excluding hydrogens is 314 g/mol. The second-order valence-corrected chi connectivity index (χ2v) is 5.97. The Kier molecular flexibility index (Phi) is 3.56. The van der Waals surface area contributed by atoms with E-state index in [9.17, 15) is 4.79 Å². The Hall–Kier alpha value is -2.30. The summed E-state index contributed by atoms with van der Waals surface area (Å²) in [5.74, 6) is 0.766. The van der Waals surface area contributed by atoms with E-state index >= 15 is 0 Å². The Morgan fingerprint density at radius 2 is 1.91 bits per heavy atom. The molecule has 0 radical (unpaired) electrons. The van der Waals surface area contributed by atoms with Crippen LogP contribution in [-0.4, -0.2) is 11.6 Å². The molecule has 0 unspecified atom stereocenters. The zero-order valence-corrected chi connectivity index (χ0v) is 13.0. The first-order chi connectivity index (χ1) is 11.2. The molecule has 1 aliphatic heterocycles. The standard InChI is InChI=1S/C18H14ClNO3/c19-15-4-2-1-3-13(15)9-20-10-14-16(22-11-20)7-5-12-6-8-17(21)23-18(12)14/h1-8H,9-11H2. The average molecular weight is 328 g/mol. The van der Waals surface area contributed by atoms with Crippen molar-refractivity contribution in [3.8, 4) is 5.75 Å². The molecule has 3 aromatic rings. The molecular formula is C18H14ClNO3. The van der Waals surface area contributed by atoms with Crippen LogP contribution in [0.2, 0.25) is 5.02 Å². The molecule has 0 spiro atoms. The van der Waals surface area contributed by atoms with Gasteiger partial charge in [-0.1, -0.05) is 29.8 Å². The van der Waals surface area contributed by atoms with Gasteiger partial charge in [0.15, 0.2) is 0 Å². The lowest BCUT2D eigenvalue weighted by Crippen LogP contribution is -2.31. The summed E-state index contributed by atoms with van der Waals surface area (Å²) in [6, 6.07) is 14.8. The van der Waals surface area contributed by atoms with Crippen molar-refractivity contribution in [3.63, 3.8) is 0 Å². The van der Waals surface area contributed by atoms with Gasteiger partial charge in [0.05, 0.1) is 5.56 Å². The number of halogens is 1. The normalized spacial score (nSPS) is 14.5. The molecule has 4 rings (SSSR count). The van der Waals surface area contributed by atoms with E-state index < -0.39 is 0 Å². The van der Waals surface area contributed by atoms with Gasteiger partial charge >= 0.3 is 5.63 Å². The minimum atomic E-state index is -0.353. The average Bonchev–Trinajstić information content (AvgIpc) is 2.57. The van der Waals surface area contributed by atoms with Crippen molar-refractivity contribution < 1.29 is 9.15 Å². The molecule has 4 nitrogen and oxygen atoms in total. The number of hydrogen-bond donors (Lipinski definition) is 0. The first-order valence-electron chi connectivity index (χ1n) is 7.35. The van der Waals surface area contributed by atoms with Gasteiger partial charge in [0.2, 0.25) is 0 Å². The van der Waals surface area contributed by atoms with Gasteiger partial charge < -0.3 is 9.15 Å². The third kappa shape index (κ3) is 2.71. The topological polar surface area (TPSA) is 42.7 Å². The van der Waals surface area contributed by atoms with Crippen LogP contribution in [0.5, 0.6) is 5.75 Å². The van der Waals surface area contributed by atoms with E-state index in [2.05, 4.69) is 4.90 Å². The maximum absolute atomic E-state index is 11.5. The van der Waals surface area contributed by atoms with Gasteiger partial charge in [0.1, 0.15) is 18.1 Å². The van der Waals surface area contributed by atoms with Crippen LogP contribution in [0.25, 0.3) is 11.0 Å². The molecule has 0 atom stereocenters. The third-order valence-electron chi connectivity index (χ3n) is 3.99. The molecule has 0 aliphatic carbocycles. The van der Waals surface area contributed by atoms with Crippen LogP contribution >= 0.6 is 11.6 Å². The van der Waals surface area contributed by atoms with Gasteiger partial charge in [-0.15, -0.1) is 0 Å². The van der Waals surface area contributed by atoms with Gasteiger partial charge in [0.25, 0.3) is 0 Å². The molecule has 5 heteroatoms. The summed E-state index contributed by atoms with van der Waals surface area (Å²) >= 11 is 6.23. The van der Waals surface area contributed by atoms with E-state index in [1.54, 1.807) is 6.07 Å². The summed E-state index contributed by atoms with van der Waals surface area (Å²) in [5.41, 5.74) is 2.19. The Morgan fingerprint density at radius 1 is 1.09 bits per heavy atom. The predicted octanol–water partition coefficient (Wildman–Crippen LogP) is 3.80. The molecule has 0 fully saturated rings. The van der Waals surface area contributed by atoms with Crippen molar-refractivity contribution in [2.45, 2.75) is 13.1 Å². The van der Waals surface area contributed by atoms with Crippen LogP contribution in [0.4, 0.5) is 0 Å². The lowest BCUT2D eigenvalue weighted by Gasteiger charge is -2.29. The molecule has 0 saturated carbocycles. The smallest absolute Gasteiger partial charge is 0.336 e. The minimum absolute atomic E-state index is 0.353. The van der Waals surface area contributed by atoms with Crippen LogP contribution in [0.3, 0.4) is 0 Å². The van der Waals surface area contributed by atoms with E-state index in [1.165, 1.54) is 6.07 Å². The summed E-state index contributed by atoms with van der Waals surface area (Å²) in [5, 5.41) is 1.63. The largest absolute Gasteiger partial charge is 0.478 e. The highest BCUT2D eigenvalue weighted by Crippen LogP contribution is 2.32. The number of nitrogens with zero attached hydrogens (tertiary/aromatic N) is 1. The quantitative estimate of drug-likeness (QED) is 0.671. The van der Waals surface area contributed by atoms with Crippen molar-refractivity contribution >= 4 is 22.6 Å². The molecule has 1 aromatic heterocycles. The molecule has 0 bridgehead atoms. The molecule has 0 amide bonds. The fraction of sp³-hybridized carbons (Fsp3) is 0.167. The fourth-order valence-corrected chi connectivity index (χ4v) is 3.05. The van der Waals surface area contributed by atoms with Gasteiger partial charge in [0, 0.05) is 29.6 Å². The number of rotatable bonds is 2. The van der Waals surface area contributed by atoms with E-state index in [1.807, 2.05) is 36.4 Å². The summed E-state index contributed by atoms with van der Waals surface area (Å²) in [7, 11) is 0. The van der Waals surface area contributed by atoms with Crippen molar-refractivity contribution in [3.05, 3.63) is 75.1 Å². The van der Waals surface area contributed by atoms with Gasteiger partial charge in [-0.25, -0.2) is 4.79 Å². The molecule has 23 heavy (non-hydrogen) atoms. The van der Waals surface area contributed by atoms with Crippen molar-refractivity contribution in [1.82, 2.24) is 4.90 Å². The van der Waals surface area contributed by atoms with Gasteiger partial charge in [-0.05, 0) is 29.8 Å². The number of fused-ring (bicyclic) bond motifs is 3. The zero-order chi connectivity index (χ0) is 15.8. The second-order valence-electron chi connectivity index (χ2n) is 5.57. The van der Waals surface area contributed by atoms with E-state index in [4.69, 9.17) is 20.8 Å². The molecule has 0 N–H and O–H groups in total. The zero-order valence-electron chi connectivity index (χ0n) is 12.3. The van der Waals surface area contributed by atoms with E-state index in [0.29, 0.717) is 25.4 Å². The molecule has 1 aliphatic rings. The maximum atomic E-state index is 11.5. The Bertz CT molecular complexity index is 935. The second kappa shape index (κ2) is 5.72. The third-order valence-corrected chi connectivity index (χ3v) is 4.35. The highest BCUT2D eigenvalue weighted by molar-refractivity contribution is 6.31. The lowest BCUT2D eigenvalue weighted by atomic mass is 10.1. The van der Waals surface area contributed by atoms with Crippen LogP contribution in [-0.2, 0) is 13.1 Å². The summed E-state index contributed by atoms with van der Waals surface area (Å²) < 4.78 is 11.2. The highest BCUT2D eigenvalue weighted by Gasteiger charge is 2.21. The number of hydrogen-bond acceptors (Lipinski definition) is 4. The van der Waals surface area contributed by atoms with Crippen molar-refractivity contribution in [2.75, 3.05) is 6.73 Å². The number of benzene rings is 2. The van der Waals surface area contributed by atoms with Crippen LogP contribution < -0.4 is 10.4 Å². The summed E-state index contributed by atoms with van der Waals surface area (Å²) in [6.07, 6.45) is 0. The molecule has 2 aromatic carbocycles. The van der Waals surface area contributed by atoms with Crippen LogP contribution in [0, 0.1) is 0 Å². The molecule has 2 heterocycles. The Balaban J connectivity index is 1.69. The van der Waals surface area contributed by atoms with E-state index in [-0.39, 0.29) is 5.63 Å². The predicted molar refractivity (Wildman–Crippen MR) is 88.7 cm³/mol. The van der Waals surface area contributed by atoms with Crippen molar-refractivity contribution in [2.24, 2.45) is 0 Å². The first kappa shape index (κ1) is 14.3. The molecule has 116 valence electrons. The van der Waals surface area contributed by atoms with Gasteiger partial charge in [-0.2, -0.15) is 0 Å². The summed E-state index contributed by atoms with van der Waals surface area (Å²) in [6.45, 7) is 1.79. The SMILES string of the molecule is O=c1ccc2ccc3c(c2o1)CN(Cc1ccccc1Cl)CO3. The van der Waals surface area contributed by atoms with Crippen LogP contribution in [0.15, 0.2) is 57.7 Å². The lowest BCUT2D eigenvalue weighted by molar-refractivity contribution is 0.0890. The fourth-order valence-electron chi connectivity index (χ4n) is 2.86. The first-order valence-corrected chi connectivity index (χ1v) is 7.73. The Morgan fingerprint density at radius 3 is 2.78 bits per heavy atom. The number of ether oxygens (including phenoxy) is 1. The van der Waals surface area contributed by atoms with E-state index in [0.717, 1.165) is 27.3 Å². The Labute approximate surface area is 137 Å². The minimum Gasteiger partial charge on any atom is -0.478 e. The monoisotopic (exact) mass is 327 g/mol. The van der Waals surface area contributed by atoms with Crippen molar-refractivity contribution in [1.29, 1.82) is 0 Å². The van der Waals surface area contributed by atoms with Gasteiger partial charge in [-0.3, -0.25) is 4.90 Å². The van der Waals surface area contributed by atoms with Crippen LogP contribution in [0.1, 0.15) is 11.1 Å². The maximum Gasteiger partial charge on any atom is 0.336 e. The molecule has 0 saturated heterocycles. The highest BCUT2D eigenvalue weighted by atomic mass is 35.5. The summed E-state index contributed by atoms with van der Waals surface area (Å²) in [4.78, 5) is 13.7.